The minimum Gasteiger partial charge on any atom is -0.484 e. The molecule has 0 bridgehead atoms. The van der Waals surface area contributed by atoms with Gasteiger partial charge in [0, 0.05) is 31.3 Å². The lowest BCUT2D eigenvalue weighted by molar-refractivity contribution is -0.132. The number of nitrogens with one attached hydrogen (secondary N) is 2. The second kappa shape index (κ2) is 11.3. The van der Waals surface area contributed by atoms with Crippen LogP contribution in [0.1, 0.15) is 39.0 Å². The topological polar surface area (TPSA) is 70.7 Å². The molecular weight excluding hydrogens is 378 g/mol. The average molecular weight is 410 g/mol. The van der Waals surface area contributed by atoms with Crippen LogP contribution >= 0.6 is 12.4 Å². The van der Waals surface area contributed by atoms with Gasteiger partial charge < -0.3 is 20.3 Å². The van der Waals surface area contributed by atoms with Crippen molar-refractivity contribution in [1.82, 2.24) is 10.2 Å². The number of piperidine rings is 1. The standard InChI is InChI=1S/C21H31N3O3.ClH/c1-16(17-7-9-22-10-8-17)13-20(25)23-18-5-4-6-19(14-18)27-15-21(26)24-11-2-3-12-24;/h4-6,14,16-17,22H,2-3,7-13,15H2,1H3,(H,23,25);1H. The van der Waals surface area contributed by atoms with Crippen LogP contribution in [0.25, 0.3) is 0 Å². The Hall–Kier alpha value is -1.79. The summed E-state index contributed by atoms with van der Waals surface area (Å²) in [6.07, 6.45) is 4.96. The molecule has 2 N–H and O–H groups in total. The maximum atomic E-state index is 12.4. The fraction of sp³-hybridized carbons (Fsp3) is 0.619. The van der Waals surface area contributed by atoms with Crippen molar-refractivity contribution in [2.75, 3.05) is 38.1 Å². The molecule has 2 aliphatic rings. The molecule has 0 aromatic heterocycles. The molecular formula is C21H32ClN3O3. The minimum atomic E-state index is 0. The summed E-state index contributed by atoms with van der Waals surface area (Å²) in [7, 11) is 0. The number of rotatable bonds is 7. The average Bonchev–Trinajstić information content (AvgIpc) is 3.22. The van der Waals surface area contributed by atoms with Gasteiger partial charge in [0.2, 0.25) is 5.91 Å². The highest BCUT2D eigenvalue weighted by Gasteiger charge is 2.22. The molecule has 1 aromatic carbocycles. The lowest BCUT2D eigenvalue weighted by atomic mass is 9.84. The first-order valence-corrected chi connectivity index (χ1v) is 10.1. The molecule has 7 heteroatoms. The summed E-state index contributed by atoms with van der Waals surface area (Å²) in [6.45, 7) is 5.96. The predicted molar refractivity (Wildman–Crippen MR) is 113 cm³/mol. The van der Waals surface area contributed by atoms with Gasteiger partial charge in [0.15, 0.2) is 6.61 Å². The molecule has 0 spiro atoms. The van der Waals surface area contributed by atoms with Crippen molar-refractivity contribution in [3.8, 4) is 5.75 Å². The Balaban J connectivity index is 0.00000280. The maximum Gasteiger partial charge on any atom is 0.260 e. The van der Waals surface area contributed by atoms with E-state index in [1.165, 1.54) is 0 Å². The second-order valence-electron chi connectivity index (χ2n) is 7.72. The first-order valence-electron chi connectivity index (χ1n) is 10.1. The van der Waals surface area contributed by atoms with Crippen molar-refractivity contribution in [3.05, 3.63) is 24.3 Å². The van der Waals surface area contributed by atoms with Gasteiger partial charge in [-0.3, -0.25) is 9.59 Å². The number of likely N-dealkylation sites (tertiary alicyclic amines) is 1. The maximum absolute atomic E-state index is 12.4. The Kier molecular flexibility index (Phi) is 9.06. The molecule has 0 saturated carbocycles. The molecule has 2 heterocycles. The molecule has 1 aromatic rings. The number of hydrogen-bond donors (Lipinski definition) is 2. The van der Waals surface area contributed by atoms with Crippen LogP contribution in [0.3, 0.4) is 0 Å². The zero-order valence-electron chi connectivity index (χ0n) is 16.6. The highest BCUT2D eigenvalue weighted by atomic mass is 35.5. The van der Waals surface area contributed by atoms with Crippen LogP contribution in [0.15, 0.2) is 24.3 Å². The summed E-state index contributed by atoms with van der Waals surface area (Å²) in [6, 6.07) is 7.28. The molecule has 28 heavy (non-hydrogen) atoms. The van der Waals surface area contributed by atoms with E-state index >= 15 is 0 Å². The second-order valence-corrected chi connectivity index (χ2v) is 7.72. The molecule has 2 amide bonds. The normalized spacial score (nSPS) is 18.2. The van der Waals surface area contributed by atoms with Crippen LogP contribution in [0.2, 0.25) is 0 Å². The summed E-state index contributed by atoms with van der Waals surface area (Å²) in [5, 5.41) is 6.33. The Morgan fingerprint density at radius 3 is 2.68 bits per heavy atom. The molecule has 0 radical (unpaired) electrons. The highest BCUT2D eigenvalue weighted by molar-refractivity contribution is 5.91. The van der Waals surface area contributed by atoms with Crippen LogP contribution in [0, 0.1) is 11.8 Å². The Morgan fingerprint density at radius 1 is 1.25 bits per heavy atom. The van der Waals surface area contributed by atoms with Crippen molar-refractivity contribution in [2.45, 2.75) is 39.0 Å². The predicted octanol–water partition coefficient (Wildman–Crippen LogP) is 3.07. The third-order valence-electron chi connectivity index (χ3n) is 5.63. The zero-order valence-corrected chi connectivity index (χ0v) is 17.4. The van der Waals surface area contributed by atoms with E-state index in [-0.39, 0.29) is 30.8 Å². The Bertz CT molecular complexity index is 644. The van der Waals surface area contributed by atoms with Crippen molar-refractivity contribution in [3.63, 3.8) is 0 Å². The summed E-state index contributed by atoms with van der Waals surface area (Å²) in [5.74, 6) is 1.66. The molecule has 2 saturated heterocycles. The first-order chi connectivity index (χ1) is 13.1. The van der Waals surface area contributed by atoms with Gasteiger partial charge in [-0.25, -0.2) is 0 Å². The van der Waals surface area contributed by atoms with E-state index in [4.69, 9.17) is 4.74 Å². The van der Waals surface area contributed by atoms with Gasteiger partial charge in [0.05, 0.1) is 0 Å². The number of nitrogens with zero attached hydrogens (tertiary/aromatic N) is 1. The van der Waals surface area contributed by atoms with Crippen LogP contribution in [-0.4, -0.2) is 49.5 Å². The molecule has 1 unspecified atom stereocenters. The number of carbonyl (C=O) groups excluding carboxylic acids is 2. The van der Waals surface area contributed by atoms with Crippen molar-refractivity contribution in [2.24, 2.45) is 11.8 Å². The lowest BCUT2D eigenvalue weighted by Crippen LogP contribution is -2.32. The molecule has 156 valence electrons. The Labute approximate surface area is 173 Å². The molecule has 1 atom stereocenters. The van der Waals surface area contributed by atoms with Gasteiger partial charge in [0.25, 0.3) is 5.91 Å². The van der Waals surface area contributed by atoms with Gasteiger partial charge >= 0.3 is 0 Å². The van der Waals surface area contributed by atoms with Crippen LogP contribution in [0.4, 0.5) is 5.69 Å². The zero-order chi connectivity index (χ0) is 19.1. The van der Waals surface area contributed by atoms with E-state index in [0.29, 0.717) is 29.7 Å². The largest absolute Gasteiger partial charge is 0.484 e. The third-order valence-corrected chi connectivity index (χ3v) is 5.63. The summed E-state index contributed by atoms with van der Waals surface area (Å²) in [5.41, 5.74) is 0.712. The number of hydrogen-bond acceptors (Lipinski definition) is 4. The number of carbonyl (C=O) groups is 2. The van der Waals surface area contributed by atoms with E-state index < -0.39 is 0 Å². The lowest BCUT2D eigenvalue weighted by Gasteiger charge is -2.27. The quantitative estimate of drug-likeness (QED) is 0.726. The monoisotopic (exact) mass is 409 g/mol. The Morgan fingerprint density at radius 2 is 1.96 bits per heavy atom. The van der Waals surface area contributed by atoms with Crippen LogP contribution in [-0.2, 0) is 9.59 Å². The fourth-order valence-electron chi connectivity index (χ4n) is 3.95. The van der Waals surface area contributed by atoms with Crippen LogP contribution in [0.5, 0.6) is 5.75 Å². The number of halogens is 1. The number of benzene rings is 1. The van der Waals surface area contributed by atoms with Gasteiger partial charge in [-0.1, -0.05) is 13.0 Å². The summed E-state index contributed by atoms with van der Waals surface area (Å²) >= 11 is 0. The van der Waals surface area contributed by atoms with Crippen LogP contribution < -0.4 is 15.4 Å². The molecule has 3 rings (SSSR count). The van der Waals surface area contributed by atoms with Crippen molar-refractivity contribution >= 4 is 29.9 Å². The minimum absolute atomic E-state index is 0. The SMILES string of the molecule is CC(CC(=O)Nc1cccc(OCC(=O)N2CCCC2)c1)C1CCNCC1.Cl. The van der Waals surface area contributed by atoms with E-state index in [0.717, 1.165) is 51.9 Å². The number of ether oxygens (including phenoxy) is 1. The van der Waals surface area contributed by atoms with E-state index in [1.807, 2.05) is 23.1 Å². The first kappa shape index (κ1) is 22.5. The fourth-order valence-corrected chi connectivity index (χ4v) is 3.95. The summed E-state index contributed by atoms with van der Waals surface area (Å²) in [4.78, 5) is 26.3. The van der Waals surface area contributed by atoms with Crippen molar-refractivity contribution < 1.29 is 14.3 Å². The van der Waals surface area contributed by atoms with Gasteiger partial charge in [-0.15, -0.1) is 12.4 Å². The van der Waals surface area contributed by atoms with Gasteiger partial charge in [-0.2, -0.15) is 0 Å². The van der Waals surface area contributed by atoms with E-state index in [9.17, 15) is 9.59 Å². The van der Waals surface area contributed by atoms with E-state index in [2.05, 4.69) is 17.6 Å². The molecule has 0 aliphatic carbocycles. The number of anilines is 1. The molecule has 6 nitrogen and oxygen atoms in total. The highest BCUT2D eigenvalue weighted by Crippen LogP contribution is 2.25. The van der Waals surface area contributed by atoms with E-state index in [1.54, 1.807) is 6.07 Å². The third kappa shape index (κ3) is 6.67. The van der Waals surface area contributed by atoms with Gasteiger partial charge in [0.1, 0.15) is 5.75 Å². The summed E-state index contributed by atoms with van der Waals surface area (Å²) < 4.78 is 5.63. The molecule has 2 fully saturated rings. The number of amides is 2. The smallest absolute Gasteiger partial charge is 0.260 e. The van der Waals surface area contributed by atoms with Gasteiger partial charge in [-0.05, 0) is 62.7 Å². The molecule has 2 aliphatic heterocycles. The van der Waals surface area contributed by atoms with Crippen molar-refractivity contribution in [1.29, 1.82) is 0 Å².